The van der Waals surface area contributed by atoms with Crippen molar-refractivity contribution in [3.8, 4) is 11.3 Å². The van der Waals surface area contributed by atoms with Crippen molar-refractivity contribution in [2.45, 2.75) is 79.6 Å². The fourth-order valence-electron chi connectivity index (χ4n) is 6.17. The van der Waals surface area contributed by atoms with Crippen molar-refractivity contribution in [2.24, 2.45) is 28.7 Å². The lowest BCUT2D eigenvalue weighted by molar-refractivity contribution is 0.374. The molecule has 1 N–H and O–H groups in total. The van der Waals surface area contributed by atoms with Crippen LogP contribution in [0.2, 0.25) is 0 Å². The largest absolute Gasteiger partial charge is 0.313 e. The minimum Gasteiger partial charge on any atom is -0.313 e. The summed E-state index contributed by atoms with van der Waals surface area (Å²) in [6.07, 6.45) is 10.8. The van der Waals surface area contributed by atoms with E-state index >= 15 is 0 Å². The Hall–Kier alpha value is -2.60. The molecule has 0 amide bonds. The highest BCUT2D eigenvalue weighted by atomic mass is 32.2. The molecule has 1 saturated heterocycles. The average molecular weight is 548 g/mol. The summed E-state index contributed by atoms with van der Waals surface area (Å²) >= 11 is 0. The van der Waals surface area contributed by atoms with E-state index in [9.17, 15) is 8.42 Å². The third kappa shape index (κ3) is 7.33. The van der Waals surface area contributed by atoms with Crippen LogP contribution in [0.25, 0.3) is 11.3 Å². The van der Waals surface area contributed by atoms with Crippen molar-refractivity contribution in [2.75, 3.05) is 11.5 Å². The van der Waals surface area contributed by atoms with Crippen molar-refractivity contribution < 1.29 is 8.42 Å². The highest BCUT2D eigenvalue weighted by Crippen LogP contribution is 2.39. The number of nitrogens with one attached hydrogen (secondary N) is 1. The predicted molar refractivity (Wildman–Crippen MR) is 164 cm³/mol. The van der Waals surface area contributed by atoms with Crippen LogP contribution in [-0.2, 0) is 9.84 Å². The van der Waals surface area contributed by atoms with Gasteiger partial charge in [-0.3, -0.25) is 9.98 Å². The topological polar surface area (TPSA) is 83.2 Å². The predicted octanol–water partition coefficient (Wildman–Crippen LogP) is 8.08. The summed E-state index contributed by atoms with van der Waals surface area (Å²) < 4.78 is 23.3. The third-order valence-electron chi connectivity index (χ3n) is 8.85. The summed E-state index contributed by atoms with van der Waals surface area (Å²) in [4.78, 5) is 9.91. The molecule has 0 saturated carbocycles. The maximum atomic E-state index is 11.6. The molecule has 0 radical (unpaired) electrons. The van der Waals surface area contributed by atoms with Crippen molar-refractivity contribution in [1.29, 1.82) is 5.41 Å². The molecular weight excluding hydrogens is 502 g/mol. The highest BCUT2D eigenvalue weighted by Gasteiger charge is 2.34. The van der Waals surface area contributed by atoms with Crippen molar-refractivity contribution in [3.05, 3.63) is 58.8 Å². The molecule has 3 atom stereocenters. The van der Waals surface area contributed by atoms with Crippen LogP contribution in [0, 0.1) is 42.9 Å². The van der Waals surface area contributed by atoms with E-state index in [0.717, 1.165) is 66.7 Å². The van der Waals surface area contributed by atoms with E-state index in [1.54, 1.807) is 6.21 Å². The molecule has 4 rings (SSSR count). The Kier molecular flexibility index (Phi) is 9.58. The number of aromatic nitrogens is 1. The van der Waals surface area contributed by atoms with E-state index in [4.69, 9.17) is 10.4 Å². The number of allylic oxidation sites excluding steroid dienone is 2. The van der Waals surface area contributed by atoms with Gasteiger partial charge in [-0.05, 0) is 124 Å². The zero-order chi connectivity index (χ0) is 28.2. The van der Waals surface area contributed by atoms with Crippen molar-refractivity contribution in [3.63, 3.8) is 0 Å². The molecule has 1 aliphatic heterocycles. The van der Waals surface area contributed by atoms with E-state index in [1.165, 1.54) is 23.1 Å². The molecule has 210 valence electrons. The summed E-state index contributed by atoms with van der Waals surface area (Å²) in [5, 5.41) is 7.97. The quantitative estimate of drug-likeness (QED) is 0.305. The normalized spacial score (nSPS) is 21.7. The monoisotopic (exact) mass is 547 g/mol. The number of nitrogens with zero attached hydrogens (tertiary/aromatic N) is 2. The SMILES string of the molecule is CCC(=Nc1ccc(C)c(-c2ccc(C)cn2)c1)C1=C(C(C)C(C)C=N)CC(CCC2CS(=O)(=O)C2)CCC1. The van der Waals surface area contributed by atoms with Gasteiger partial charge in [0.2, 0.25) is 0 Å². The third-order valence-corrected chi connectivity index (χ3v) is 10.8. The van der Waals surface area contributed by atoms with E-state index in [0.29, 0.717) is 23.3 Å². The Morgan fingerprint density at radius 3 is 2.51 bits per heavy atom. The minimum absolute atomic E-state index is 0.169. The van der Waals surface area contributed by atoms with Gasteiger partial charge >= 0.3 is 0 Å². The van der Waals surface area contributed by atoms with Crippen LogP contribution in [0.1, 0.15) is 76.8 Å². The molecule has 1 aliphatic carbocycles. The summed E-state index contributed by atoms with van der Waals surface area (Å²) in [6, 6.07) is 10.6. The molecular formula is C33H45N3O2S. The second-order valence-electron chi connectivity index (χ2n) is 11.9. The van der Waals surface area contributed by atoms with E-state index in [-0.39, 0.29) is 11.8 Å². The zero-order valence-corrected chi connectivity index (χ0v) is 25.2. The first-order valence-electron chi connectivity index (χ1n) is 14.6. The molecule has 39 heavy (non-hydrogen) atoms. The number of benzene rings is 1. The number of hydrogen-bond acceptors (Lipinski definition) is 5. The molecule has 3 unspecified atom stereocenters. The molecule has 1 aromatic heterocycles. The maximum absolute atomic E-state index is 11.6. The van der Waals surface area contributed by atoms with Crippen LogP contribution < -0.4 is 0 Å². The van der Waals surface area contributed by atoms with Crippen LogP contribution in [0.4, 0.5) is 5.69 Å². The first-order chi connectivity index (χ1) is 18.6. The van der Waals surface area contributed by atoms with Gasteiger partial charge in [-0.25, -0.2) is 8.42 Å². The zero-order valence-electron chi connectivity index (χ0n) is 24.3. The lowest BCUT2D eigenvalue weighted by Gasteiger charge is -2.29. The van der Waals surface area contributed by atoms with Crippen LogP contribution in [0.5, 0.6) is 0 Å². The van der Waals surface area contributed by atoms with Gasteiger partial charge in [0, 0.05) is 17.5 Å². The van der Waals surface area contributed by atoms with Gasteiger partial charge in [-0.15, -0.1) is 0 Å². The molecule has 0 bridgehead atoms. The van der Waals surface area contributed by atoms with Gasteiger partial charge in [0.1, 0.15) is 0 Å². The summed E-state index contributed by atoms with van der Waals surface area (Å²) in [7, 11) is -2.76. The van der Waals surface area contributed by atoms with Gasteiger partial charge in [0.15, 0.2) is 9.84 Å². The van der Waals surface area contributed by atoms with Crippen molar-refractivity contribution >= 4 is 27.5 Å². The second kappa shape index (κ2) is 12.7. The number of aryl methyl sites for hydroxylation is 2. The van der Waals surface area contributed by atoms with E-state index in [2.05, 4.69) is 69.9 Å². The fourth-order valence-corrected chi connectivity index (χ4v) is 7.84. The molecule has 6 heteroatoms. The number of sulfone groups is 1. The lowest BCUT2D eigenvalue weighted by atomic mass is 9.79. The Labute approximate surface area is 235 Å². The molecule has 2 aromatic rings. The van der Waals surface area contributed by atoms with Gasteiger partial charge < -0.3 is 5.41 Å². The standard InChI is InChI=1S/C33H45N3O2S/c1-6-32(36-28-14-11-23(3)30(17-28)33-15-10-22(2)19-35-33)29-9-7-8-26(12-13-27-20-39(37,38)21-27)16-31(29)25(5)24(4)18-34/h10-11,14-15,17-19,24-27,34H,6-9,12-13,16,20-21H2,1-5H3. The van der Waals surface area contributed by atoms with Crippen LogP contribution in [0.3, 0.4) is 0 Å². The van der Waals surface area contributed by atoms with E-state index in [1.807, 2.05) is 6.20 Å². The molecule has 0 spiro atoms. The second-order valence-corrected chi connectivity index (χ2v) is 14.1. The molecule has 2 heterocycles. The van der Waals surface area contributed by atoms with Crippen LogP contribution in [0.15, 0.2) is 52.7 Å². The molecule has 1 aromatic carbocycles. The molecule has 2 aliphatic rings. The number of rotatable bonds is 10. The van der Waals surface area contributed by atoms with Gasteiger partial charge in [-0.2, -0.15) is 0 Å². The molecule has 1 fully saturated rings. The summed E-state index contributed by atoms with van der Waals surface area (Å²) in [6.45, 7) is 10.8. The smallest absolute Gasteiger partial charge is 0.150 e. The fraction of sp³-hybridized carbons (Fsp3) is 0.545. The Morgan fingerprint density at radius 1 is 1.13 bits per heavy atom. The number of hydrogen-bond donors (Lipinski definition) is 1. The Bertz CT molecular complexity index is 1330. The van der Waals surface area contributed by atoms with Gasteiger partial charge in [0.05, 0.1) is 22.9 Å². The van der Waals surface area contributed by atoms with Gasteiger partial charge in [0.25, 0.3) is 0 Å². The first kappa shape index (κ1) is 29.4. The molecule has 5 nitrogen and oxygen atoms in total. The average Bonchev–Trinajstić information content (AvgIpc) is 3.12. The lowest BCUT2D eigenvalue weighted by Crippen LogP contribution is -2.36. The Balaban J connectivity index is 1.65. The highest BCUT2D eigenvalue weighted by molar-refractivity contribution is 7.92. The van der Waals surface area contributed by atoms with Crippen LogP contribution >= 0.6 is 0 Å². The van der Waals surface area contributed by atoms with E-state index < -0.39 is 9.84 Å². The number of pyridine rings is 1. The first-order valence-corrected chi connectivity index (χ1v) is 16.5. The van der Waals surface area contributed by atoms with Crippen molar-refractivity contribution in [1.82, 2.24) is 4.98 Å². The Morgan fingerprint density at radius 2 is 1.87 bits per heavy atom. The summed E-state index contributed by atoms with van der Waals surface area (Å²) in [5.41, 5.74) is 9.40. The number of aliphatic imine (C=N–C) groups is 1. The van der Waals surface area contributed by atoms with Crippen LogP contribution in [-0.4, -0.2) is 36.8 Å². The summed E-state index contributed by atoms with van der Waals surface area (Å²) in [5.74, 6) is 2.11. The minimum atomic E-state index is -2.76. The maximum Gasteiger partial charge on any atom is 0.150 e. The van der Waals surface area contributed by atoms with Gasteiger partial charge in [-0.1, -0.05) is 38.5 Å².